The highest BCUT2D eigenvalue weighted by Gasteiger charge is 2.16. The molecule has 7 heteroatoms. The molecule has 6 nitrogen and oxygen atoms in total. The minimum absolute atomic E-state index is 0.0835. The third-order valence-electron chi connectivity index (χ3n) is 3.84. The molecule has 0 radical (unpaired) electrons. The molecule has 0 amide bonds. The van der Waals surface area contributed by atoms with Crippen molar-refractivity contribution in [3.8, 4) is 5.75 Å². The van der Waals surface area contributed by atoms with E-state index in [1.165, 1.54) is 13.2 Å². The van der Waals surface area contributed by atoms with Gasteiger partial charge in [-0.1, -0.05) is 12.1 Å². The van der Waals surface area contributed by atoms with Crippen LogP contribution in [-0.2, 0) is 10.0 Å². The van der Waals surface area contributed by atoms with Crippen LogP contribution in [0, 0.1) is 0 Å². The van der Waals surface area contributed by atoms with Gasteiger partial charge in [0.1, 0.15) is 16.5 Å². The summed E-state index contributed by atoms with van der Waals surface area (Å²) < 4.78 is 30.9. The van der Waals surface area contributed by atoms with Gasteiger partial charge in [-0.2, -0.15) is 0 Å². The molecule has 0 aliphatic rings. The van der Waals surface area contributed by atoms with E-state index in [9.17, 15) is 8.42 Å². The number of hydrogen-bond donors (Lipinski definition) is 1. The van der Waals surface area contributed by atoms with Crippen molar-refractivity contribution in [2.24, 2.45) is 0 Å². The van der Waals surface area contributed by atoms with Crippen LogP contribution in [0.1, 0.15) is 18.5 Å². The van der Waals surface area contributed by atoms with E-state index in [0.717, 1.165) is 11.3 Å². The second-order valence-electron chi connectivity index (χ2n) is 5.12. The van der Waals surface area contributed by atoms with Gasteiger partial charge in [0.25, 0.3) is 0 Å². The Morgan fingerprint density at radius 3 is 2.30 bits per heavy atom. The molecular weight excluding hydrogens is 314 g/mol. The lowest BCUT2D eigenvalue weighted by molar-refractivity contribution is 0.414. The molecule has 2 aromatic rings. The lowest BCUT2D eigenvalue weighted by Gasteiger charge is -2.26. The number of pyridine rings is 1. The zero-order chi connectivity index (χ0) is 17.0. The predicted octanol–water partition coefficient (Wildman–Crippen LogP) is 2.20. The number of hydrogen-bond acceptors (Lipinski definition) is 5. The molecule has 0 aliphatic heterocycles. The van der Waals surface area contributed by atoms with Crippen LogP contribution >= 0.6 is 0 Å². The number of nitrogens with one attached hydrogen (secondary N) is 1. The van der Waals surface area contributed by atoms with Crippen LogP contribution < -0.4 is 14.4 Å². The highest BCUT2D eigenvalue weighted by Crippen LogP contribution is 2.25. The number of anilines is 1. The topological polar surface area (TPSA) is 71.5 Å². The first-order chi connectivity index (χ1) is 10.9. The largest absolute Gasteiger partial charge is 0.497 e. The van der Waals surface area contributed by atoms with Gasteiger partial charge in [-0.3, -0.25) is 0 Å². The Kier molecular flexibility index (Phi) is 5.23. The first-order valence-electron chi connectivity index (χ1n) is 7.15. The molecule has 0 bridgehead atoms. The Hall–Kier alpha value is -2.12. The molecule has 2 rings (SSSR count). The molecule has 0 fully saturated rings. The van der Waals surface area contributed by atoms with Gasteiger partial charge in [0.2, 0.25) is 10.0 Å². The summed E-state index contributed by atoms with van der Waals surface area (Å²) in [4.78, 5) is 6.39. The van der Waals surface area contributed by atoms with E-state index in [4.69, 9.17) is 4.74 Å². The molecule has 0 spiro atoms. The quantitative estimate of drug-likeness (QED) is 0.876. The van der Waals surface area contributed by atoms with Crippen LogP contribution in [-0.4, -0.2) is 34.6 Å². The van der Waals surface area contributed by atoms with Crippen molar-refractivity contribution in [1.29, 1.82) is 0 Å². The van der Waals surface area contributed by atoms with Crippen molar-refractivity contribution >= 4 is 15.8 Å². The molecule has 1 heterocycles. The van der Waals surface area contributed by atoms with Gasteiger partial charge in [0.05, 0.1) is 13.2 Å². The van der Waals surface area contributed by atoms with Crippen LogP contribution in [0.3, 0.4) is 0 Å². The average molecular weight is 335 g/mol. The van der Waals surface area contributed by atoms with Crippen molar-refractivity contribution in [3.05, 3.63) is 48.2 Å². The Morgan fingerprint density at radius 1 is 1.17 bits per heavy atom. The highest BCUT2D eigenvalue weighted by atomic mass is 32.2. The first kappa shape index (κ1) is 17.2. The summed E-state index contributed by atoms with van der Waals surface area (Å²) in [7, 11) is 1.46. The maximum atomic E-state index is 11.7. The molecule has 124 valence electrons. The number of ether oxygens (including phenoxy) is 1. The molecule has 1 unspecified atom stereocenters. The van der Waals surface area contributed by atoms with Gasteiger partial charge in [0, 0.05) is 13.2 Å². The van der Waals surface area contributed by atoms with Gasteiger partial charge in [0.15, 0.2) is 0 Å². The van der Waals surface area contributed by atoms with Crippen LogP contribution in [0.2, 0.25) is 0 Å². The van der Waals surface area contributed by atoms with Gasteiger partial charge in [-0.15, -0.1) is 0 Å². The summed E-state index contributed by atoms with van der Waals surface area (Å²) in [6.07, 6.45) is 1.36. The second kappa shape index (κ2) is 6.97. The lowest BCUT2D eigenvalue weighted by atomic mass is 10.1. The summed E-state index contributed by atoms with van der Waals surface area (Å²) in [5, 5.41) is 0. The molecular formula is C16H21N3O3S. The number of methoxy groups -OCH3 is 1. The molecule has 0 aliphatic carbocycles. The van der Waals surface area contributed by atoms with Crippen molar-refractivity contribution < 1.29 is 13.2 Å². The van der Waals surface area contributed by atoms with Crippen molar-refractivity contribution in [1.82, 2.24) is 9.71 Å². The fourth-order valence-electron chi connectivity index (χ4n) is 2.16. The minimum Gasteiger partial charge on any atom is -0.497 e. The SMILES string of the molecule is CNS(=O)(=O)c1ccc(N(C)C(C)c2ccc(OC)cc2)nc1. The van der Waals surface area contributed by atoms with Crippen LogP contribution in [0.5, 0.6) is 5.75 Å². The van der Waals surface area contributed by atoms with Crippen LogP contribution in [0.4, 0.5) is 5.82 Å². The van der Waals surface area contributed by atoms with E-state index in [1.807, 2.05) is 36.2 Å². The molecule has 1 aromatic carbocycles. The lowest BCUT2D eigenvalue weighted by Crippen LogP contribution is -2.23. The summed E-state index contributed by atoms with van der Waals surface area (Å²) >= 11 is 0. The van der Waals surface area contributed by atoms with Gasteiger partial charge < -0.3 is 9.64 Å². The first-order valence-corrected chi connectivity index (χ1v) is 8.63. The Balaban J connectivity index is 2.20. The minimum atomic E-state index is -3.47. The van der Waals surface area contributed by atoms with E-state index in [0.29, 0.717) is 5.82 Å². The highest BCUT2D eigenvalue weighted by molar-refractivity contribution is 7.89. The van der Waals surface area contributed by atoms with Gasteiger partial charge in [-0.25, -0.2) is 18.1 Å². The molecule has 1 N–H and O–H groups in total. The van der Waals surface area contributed by atoms with Crippen molar-refractivity contribution in [2.45, 2.75) is 17.9 Å². The zero-order valence-electron chi connectivity index (χ0n) is 13.6. The Bertz CT molecular complexity index is 743. The molecule has 23 heavy (non-hydrogen) atoms. The maximum absolute atomic E-state index is 11.7. The van der Waals surface area contributed by atoms with Crippen molar-refractivity contribution in [2.75, 3.05) is 26.1 Å². The van der Waals surface area contributed by atoms with E-state index in [-0.39, 0.29) is 10.9 Å². The third kappa shape index (κ3) is 3.80. The third-order valence-corrected chi connectivity index (χ3v) is 5.24. The van der Waals surface area contributed by atoms with E-state index >= 15 is 0 Å². The molecule has 0 saturated carbocycles. The van der Waals surface area contributed by atoms with Gasteiger partial charge in [-0.05, 0) is 43.8 Å². The number of aromatic nitrogens is 1. The molecule has 1 atom stereocenters. The standard InChI is InChI=1S/C16H21N3O3S/c1-12(13-5-7-14(22-4)8-6-13)19(3)16-10-9-15(11-18-16)23(20,21)17-2/h5-12,17H,1-4H3. The second-order valence-corrected chi connectivity index (χ2v) is 7.01. The number of rotatable bonds is 6. The van der Waals surface area contributed by atoms with E-state index < -0.39 is 10.0 Å². The summed E-state index contributed by atoms with van der Waals surface area (Å²) in [6.45, 7) is 2.06. The summed E-state index contributed by atoms with van der Waals surface area (Å²) in [6, 6.07) is 11.2. The Labute approximate surface area is 137 Å². The van der Waals surface area contributed by atoms with Gasteiger partial charge >= 0.3 is 0 Å². The predicted molar refractivity (Wildman–Crippen MR) is 90.3 cm³/mol. The normalized spacial score (nSPS) is 12.7. The van der Waals surface area contributed by atoms with E-state index in [2.05, 4.69) is 16.6 Å². The van der Waals surface area contributed by atoms with Crippen molar-refractivity contribution in [3.63, 3.8) is 0 Å². The molecule has 0 saturated heterocycles. The van der Waals surface area contributed by atoms with Crippen LogP contribution in [0.15, 0.2) is 47.5 Å². The average Bonchev–Trinajstić information content (AvgIpc) is 2.60. The Morgan fingerprint density at radius 2 is 1.83 bits per heavy atom. The monoisotopic (exact) mass is 335 g/mol. The zero-order valence-corrected chi connectivity index (χ0v) is 14.5. The fraction of sp³-hybridized carbons (Fsp3) is 0.312. The maximum Gasteiger partial charge on any atom is 0.241 e. The number of nitrogens with zero attached hydrogens (tertiary/aromatic N) is 2. The number of benzene rings is 1. The number of sulfonamides is 1. The summed E-state index contributed by atoms with van der Waals surface area (Å²) in [5.74, 6) is 1.51. The smallest absolute Gasteiger partial charge is 0.241 e. The van der Waals surface area contributed by atoms with Crippen LogP contribution in [0.25, 0.3) is 0 Å². The summed E-state index contributed by atoms with van der Waals surface area (Å²) in [5.41, 5.74) is 1.11. The fourth-order valence-corrected chi connectivity index (χ4v) is 2.84. The molecule has 1 aromatic heterocycles. The van der Waals surface area contributed by atoms with E-state index in [1.54, 1.807) is 19.2 Å².